The smallest absolute Gasteiger partial charge is 0.234 e. The van der Waals surface area contributed by atoms with Crippen molar-refractivity contribution in [2.24, 2.45) is 11.1 Å². The van der Waals surface area contributed by atoms with E-state index in [0.29, 0.717) is 55.8 Å². The fourth-order valence-electron chi connectivity index (χ4n) is 5.34. The Morgan fingerprint density at radius 1 is 1.21 bits per heavy atom. The van der Waals surface area contributed by atoms with Crippen LogP contribution in [0.2, 0.25) is 5.02 Å². The Morgan fingerprint density at radius 3 is 2.67 bits per heavy atom. The number of allylic oxidation sites excluding steroid dienone is 3. The number of thioether (sulfide) groups is 1. The summed E-state index contributed by atoms with van der Waals surface area (Å²) in [5.41, 5.74) is 9.10. The summed E-state index contributed by atoms with van der Waals surface area (Å²) in [5, 5.41) is 22.6. The molecule has 5 rings (SSSR count). The lowest BCUT2D eigenvalue weighted by Crippen LogP contribution is -2.42. The van der Waals surface area contributed by atoms with E-state index >= 15 is 0 Å². The van der Waals surface area contributed by atoms with Crippen LogP contribution in [0, 0.1) is 16.7 Å². The highest BCUT2D eigenvalue weighted by Crippen LogP contribution is 2.51. The Balaban J connectivity index is 1.42. The van der Waals surface area contributed by atoms with E-state index < -0.39 is 5.92 Å². The van der Waals surface area contributed by atoms with E-state index in [0.717, 1.165) is 5.56 Å². The van der Waals surface area contributed by atoms with Gasteiger partial charge < -0.3 is 20.5 Å². The molecular weight excluding hydrogens is 608 g/mol. The van der Waals surface area contributed by atoms with Crippen LogP contribution in [-0.2, 0) is 9.59 Å². The van der Waals surface area contributed by atoms with Gasteiger partial charge in [-0.3, -0.25) is 14.5 Å². The number of methoxy groups -OCH3 is 2. The van der Waals surface area contributed by atoms with Crippen LogP contribution in [0.4, 0.5) is 10.8 Å². The first kappa shape index (κ1) is 30.4. The number of halogens is 1. The van der Waals surface area contributed by atoms with Crippen molar-refractivity contribution in [3.8, 4) is 17.6 Å². The Labute approximate surface area is 262 Å². The predicted octanol–water partition coefficient (Wildman–Crippen LogP) is 5.88. The second-order valence-corrected chi connectivity index (χ2v) is 13.4. The Morgan fingerprint density at radius 2 is 1.98 bits per heavy atom. The van der Waals surface area contributed by atoms with Gasteiger partial charge in [-0.15, -0.1) is 10.2 Å². The minimum absolute atomic E-state index is 0.0487. The standard InChI is InChI=1S/C30H29ClN6O4S2/c1-30(2)12-20-26(21(38)13-30)25(16-6-5-7-17(31)10-16)19(14-32)27(33)37(20)28-35-36-29(43-28)42-15-24(39)34-18-8-9-22(40-3)23(11-18)41-4/h5-11,25H,12-13,15,33H2,1-4H3,(H,34,39). The normalized spacial score (nSPS) is 17.8. The van der Waals surface area contributed by atoms with E-state index in [9.17, 15) is 14.9 Å². The van der Waals surface area contributed by atoms with Gasteiger partial charge in [0.05, 0.1) is 37.5 Å². The maximum absolute atomic E-state index is 13.7. The second-order valence-electron chi connectivity index (χ2n) is 10.8. The van der Waals surface area contributed by atoms with Crippen molar-refractivity contribution in [1.82, 2.24) is 10.2 Å². The molecule has 1 amide bonds. The third-order valence-corrected chi connectivity index (χ3v) is 9.42. The van der Waals surface area contributed by atoms with Crippen LogP contribution >= 0.6 is 34.7 Å². The van der Waals surface area contributed by atoms with E-state index in [-0.39, 0.29) is 34.3 Å². The molecule has 1 unspecified atom stereocenters. The van der Waals surface area contributed by atoms with Gasteiger partial charge in [0.2, 0.25) is 11.0 Å². The highest BCUT2D eigenvalue weighted by molar-refractivity contribution is 8.01. The van der Waals surface area contributed by atoms with Gasteiger partial charge in [-0.1, -0.05) is 60.7 Å². The summed E-state index contributed by atoms with van der Waals surface area (Å²) in [6.45, 7) is 4.05. The van der Waals surface area contributed by atoms with Gasteiger partial charge >= 0.3 is 0 Å². The zero-order chi connectivity index (χ0) is 30.9. The van der Waals surface area contributed by atoms with E-state index in [1.165, 1.54) is 30.2 Å². The number of anilines is 2. The van der Waals surface area contributed by atoms with Crippen LogP contribution in [0.15, 0.2) is 69.5 Å². The summed E-state index contributed by atoms with van der Waals surface area (Å²) in [7, 11) is 3.07. The summed E-state index contributed by atoms with van der Waals surface area (Å²) in [4.78, 5) is 28.1. The van der Waals surface area contributed by atoms with Crippen LogP contribution in [0.3, 0.4) is 0 Å². The van der Waals surface area contributed by atoms with Crippen LogP contribution in [0.5, 0.6) is 11.5 Å². The highest BCUT2D eigenvalue weighted by Gasteiger charge is 2.45. The second kappa shape index (κ2) is 12.3. The van der Waals surface area contributed by atoms with Crippen LogP contribution in [-0.4, -0.2) is 41.9 Å². The predicted molar refractivity (Wildman–Crippen MR) is 167 cm³/mol. The van der Waals surface area contributed by atoms with Crippen LogP contribution < -0.4 is 25.4 Å². The molecule has 2 aromatic carbocycles. The monoisotopic (exact) mass is 636 g/mol. The number of hydrogen-bond donors (Lipinski definition) is 2. The van der Waals surface area contributed by atoms with Gasteiger partial charge in [0.25, 0.3) is 0 Å². The number of benzene rings is 2. The first-order valence-corrected chi connectivity index (χ1v) is 15.4. The molecule has 0 radical (unpaired) electrons. The zero-order valence-electron chi connectivity index (χ0n) is 23.9. The van der Waals surface area contributed by atoms with E-state index in [1.54, 1.807) is 48.4 Å². The average Bonchev–Trinajstić information content (AvgIpc) is 3.43. The number of carbonyl (C=O) groups is 2. The van der Waals surface area contributed by atoms with E-state index in [4.69, 9.17) is 26.8 Å². The van der Waals surface area contributed by atoms with Crippen molar-refractivity contribution in [2.75, 3.05) is 30.2 Å². The van der Waals surface area contributed by atoms with Gasteiger partial charge in [0.15, 0.2) is 21.6 Å². The minimum Gasteiger partial charge on any atom is -0.493 e. The SMILES string of the molecule is COc1ccc(NC(=O)CSc2nnc(N3C(N)=C(C#N)C(c4cccc(Cl)c4)C4=C3CC(C)(C)CC4=O)s2)cc1OC. The highest BCUT2D eigenvalue weighted by atomic mass is 35.5. The first-order chi connectivity index (χ1) is 20.5. The average molecular weight is 637 g/mol. The summed E-state index contributed by atoms with van der Waals surface area (Å²) >= 11 is 8.75. The van der Waals surface area contributed by atoms with Crippen molar-refractivity contribution >= 4 is 57.2 Å². The number of rotatable bonds is 8. The summed E-state index contributed by atoms with van der Waals surface area (Å²) in [6.07, 6.45) is 0.877. The number of hydrogen-bond acceptors (Lipinski definition) is 11. The summed E-state index contributed by atoms with van der Waals surface area (Å²) in [6, 6.07) is 14.5. The topological polar surface area (TPSA) is 143 Å². The van der Waals surface area contributed by atoms with Crippen LogP contribution in [0.1, 0.15) is 38.2 Å². The van der Waals surface area contributed by atoms with Gasteiger partial charge in [-0.2, -0.15) is 5.26 Å². The molecule has 3 N–H and O–H groups in total. The van der Waals surface area contributed by atoms with Crippen molar-refractivity contribution in [3.05, 3.63) is 75.7 Å². The molecular formula is C30H29ClN6O4S2. The molecule has 0 fully saturated rings. The number of ketones is 1. The zero-order valence-corrected chi connectivity index (χ0v) is 26.3. The number of amides is 1. The molecule has 0 saturated heterocycles. The molecule has 222 valence electrons. The molecule has 1 aliphatic carbocycles. The number of nitrogens with zero attached hydrogens (tertiary/aromatic N) is 4. The fourth-order valence-corrected chi connectivity index (χ4v) is 7.22. The number of nitrogens with two attached hydrogens (primary N) is 1. The molecule has 3 aromatic rings. The first-order valence-electron chi connectivity index (χ1n) is 13.2. The van der Waals surface area contributed by atoms with Crippen molar-refractivity contribution in [1.29, 1.82) is 5.26 Å². The number of carbonyl (C=O) groups excluding carboxylic acids is 2. The lowest BCUT2D eigenvalue weighted by molar-refractivity contribution is -0.118. The lowest BCUT2D eigenvalue weighted by atomic mass is 9.69. The molecule has 0 bridgehead atoms. The third kappa shape index (κ3) is 6.20. The molecule has 13 heteroatoms. The molecule has 0 spiro atoms. The number of Topliss-reactive ketones (excluding diaryl/α,β-unsaturated/α-hetero) is 1. The number of nitrogens with one attached hydrogen (secondary N) is 1. The molecule has 43 heavy (non-hydrogen) atoms. The fraction of sp³-hybridized carbons (Fsp3) is 0.300. The Bertz CT molecular complexity index is 1710. The summed E-state index contributed by atoms with van der Waals surface area (Å²) in [5.74, 6) is 0.396. The summed E-state index contributed by atoms with van der Waals surface area (Å²) < 4.78 is 11.1. The molecule has 1 aliphatic heterocycles. The third-order valence-electron chi connectivity index (χ3n) is 7.14. The molecule has 0 saturated carbocycles. The maximum atomic E-state index is 13.7. The molecule has 1 atom stereocenters. The van der Waals surface area contributed by atoms with Gasteiger partial charge in [-0.05, 0) is 41.7 Å². The molecule has 10 nitrogen and oxygen atoms in total. The Kier molecular flexibility index (Phi) is 8.69. The van der Waals surface area contributed by atoms with E-state index in [2.05, 4.69) is 21.6 Å². The Hall–Kier alpha value is -4.05. The number of aromatic nitrogens is 2. The van der Waals surface area contributed by atoms with Crippen molar-refractivity contribution in [3.63, 3.8) is 0 Å². The van der Waals surface area contributed by atoms with Crippen molar-refractivity contribution < 1.29 is 19.1 Å². The molecule has 2 heterocycles. The van der Waals surface area contributed by atoms with Gasteiger partial charge in [0.1, 0.15) is 5.82 Å². The van der Waals surface area contributed by atoms with Gasteiger partial charge in [-0.25, -0.2) is 0 Å². The van der Waals surface area contributed by atoms with E-state index in [1.807, 2.05) is 19.9 Å². The quantitative estimate of drug-likeness (QED) is 0.288. The maximum Gasteiger partial charge on any atom is 0.234 e. The minimum atomic E-state index is -0.638. The molecule has 1 aromatic heterocycles. The number of ether oxygens (including phenoxy) is 2. The van der Waals surface area contributed by atoms with Crippen molar-refractivity contribution in [2.45, 2.75) is 36.9 Å². The van der Waals surface area contributed by atoms with Gasteiger partial charge in [0, 0.05) is 34.5 Å². The van der Waals surface area contributed by atoms with Crippen LogP contribution in [0.25, 0.3) is 0 Å². The molecule has 2 aliphatic rings. The number of nitriles is 1. The lowest BCUT2D eigenvalue weighted by Gasteiger charge is -2.42. The largest absolute Gasteiger partial charge is 0.493 e.